The summed E-state index contributed by atoms with van der Waals surface area (Å²) in [5, 5.41) is 9.62. The average Bonchev–Trinajstić information content (AvgIpc) is 3.50. The van der Waals surface area contributed by atoms with Crippen molar-refractivity contribution in [3.05, 3.63) is 88.0 Å². The number of ether oxygens (including phenoxy) is 1. The van der Waals surface area contributed by atoms with E-state index in [9.17, 15) is 9.90 Å². The first-order valence-electron chi connectivity index (χ1n) is 14.2. The van der Waals surface area contributed by atoms with Crippen molar-refractivity contribution < 1.29 is 23.4 Å². The van der Waals surface area contributed by atoms with Gasteiger partial charge in [-0.15, -0.1) is 0 Å². The Morgan fingerprint density at radius 3 is 2.56 bits per heavy atom. The van der Waals surface area contributed by atoms with E-state index in [0.29, 0.717) is 24.0 Å². The molecule has 1 N–H and O–H groups in total. The van der Waals surface area contributed by atoms with Crippen LogP contribution in [0.4, 0.5) is 8.78 Å². The fraction of sp³-hybridized carbons (Fsp3) is 0.441. The lowest BCUT2D eigenvalue weighted by atomic mass is 9.75. The van der Waals surface area contributed by atoms with Crippen LogP contribution < -0.4 is 4.74 Å². The van der Waals surface area contributed by atoms with Crippen molar-refractivity contribution in [2.45, 2.75) is 83.7 Å². The number of halogens is 2. The molecule has 0 radical (unpaired) electrons. The van der Waals surface area contributed by atoms with Gasteiger partial charge in [-0.3, -0.25) is 4.79 Å². The number of carboxylic acid groups (broad SMARTS) is 1. The van der Waals surface area contributed by atoms with Crippen LogP contribution in [0.25, 0.3) is 11.1 Å². The average molecular weight is 531 g/mol. The molecule has 2 saturated carbocycles. The van der Waals surface area contributed by atoms with Gasteiger partial charge < -0.3 is 9.84 Å². The molecule has 3 nitrogen and oxygen atoms in total. The fourth-order valence-electron chi connectivity index (χ4n) is 7.50. The van der Waals surface area contributed by atoms with E-state index in [1.807, 2.05) is 31.2 Å². The second-order valence-electron chi connectivity index (χ2n) is 12.6. The molecule has 0 saturated heterocycles. The molecule has 0 aliphatic heterocycles. The predicted molar refractivity (Wildman–Crippen MR) is 148 cm³/mol. The van der Waals surface area contributed by atoms with Gasteiger partial charge in [-0.1, -0.05) is 56.2 Å². The Morgan fingerprint density at radius 2 is 1.85 bits per heavy atom. The molecule has 1 spiro atoms. The van der Waals surface area contributed by atoms with Crippen LogP contribution in [0.15, 0.2) is 48.5 Å². The van der Waals surface area contributed by atoms with Gasteiger partial charge in [0.1, 0.15) is 12.4 Å². The zero-order valence-electron chi connectivity index (χ0n) is 22.9. The molecule has 6 rings (SSSR count). The lowest BCUT2D eigenvalue weighted by Gasteiger charge is -2.30. The summed E-state index contributed by atoms with van der Waals surface area (Å²) >= 11 is 0. The Morgan fingerprint density at radius 1 is 1.03 bits per heavy atom. The molecule has 3 aromatic rings. The van der Waals surface area contributed by atoms with Crippen molar-refractivity contribution in [3.63, 3.8) is 0 Å². The molecular formula is C34H36F2O3. The summed E-state index contributed by atoms with van der Waals surface area (Å²) in [5.74, 6) is -1.55. The van der Waals surface area contributed by atoms with Gasteiger partial charge in [0.05, 0.1) is 5.92 Å². The van der Waals surface area contributed by atoms with E-state index in [-0.39, 0.29) is 29.5 Å². The number of hydrogen-bond acceptors (Lipinski definition) is 2. The Balaban J connectivity index is 1.33. The SMILES string of the molecule is Cc1ccc(F)c(-c2ccc(COc3ccc4c(c3F)[C@@]3(CCC4)C[C@@H]3C(=O)O)cc2[C@H]2CCCC2(C)C)c1. The van der Waals surface area contributed by atoms with Crippen LogP contribution >= 0.6 is 0 Å². The number of carbonyl (C=O) groups is 1. The van der Waals surface area contributed by atoms with Crippen molar-refractivity contribution >= 4 is 5.97 Å². The van der Waals surface area contributed by atoms with Gasteiger partial charge in [0, 0.05) is 16.5 Å². The van der Waals surface area contributed by atoms with Crippen molar-refractivity contribution in [3.8, 4) is 16.9 Å². The number of fused-ring (bicyclic) bond motifs is 2. The lowest BCUT2D eigenvalue weighted by molar-refractivity contribution is -0.139. The number of benzene rings is 3. The normalized spacial score (nSPS) is 24.9. The highest BCUT2D eigenvalue weighted by Gasteiger charge is 2.62. The number of rotatable bonds is 6. The molecule has 5 heteroatoms. The van der Waals surface area contributed by atoms with Crippen LogP contribution in [0.5, 0.6) is 5.75 Å². The molecule has 3 aliphatic rings. The van der Waals surface area contributed by atoms with Gasteiger partial charge in [0.2, 0.25) is 0 Å². The molecule has 0 amide bonds. The van der Waals surface area contributed by atoms with Crippen molar-refractivity contribution in [2.75, 3.05) is 0 Å². The van der Waals surface area contributed by atoms with Gasteiger partial charge in [-0.05, 0) is 97.2 Å². The lowest BCUT2D eigenvalue weighted by Crippen LogP contribution is -2.23. The highest BCUT2D eigenvalue weighted by atomic mass is 19.1. The highest BCUT2D eigenvalue weighted by Crippen LogP contribution is 2.61. The summed E-state index contributed by atoms with van der Waals surface area (Å²) in [6.45, 7) is 6.72. The first-order chi connectivity index (χ1) is 18.6. The van der Waals surface area contributed by atoms with E-state index in [2.05, 4.69) is 19.9 Å². The van der Waals surface area contributed by atoms with E-state index < -0.39 is 23.1 Å². The van der Waals surface area contributed by atoms with E-state index >= 15 is 8.78 Å². The predicted octanol–water partition coefficient (Wildman–Crippen LogP) is 8.49. The molecule has 204 valence electrons. The maximum absolute atomic E-state index is 15.9. The van der Waals surface area contributed by atoms with Gasteiger partial charge in [-0.25, -0.2) is 8.78 Å². The summed E-state index contributed by atoms with van der Waals surface area (Å²) in [7, 11) is 0. The van der Waals surface area contributed by atoms with Crippen LogP contribution in [0.2, 0.25) is 0 Å². The molecule has 2 fully saturated rings. The number of aliphatic carboxylic acids is 1. The summed E-state index contributed by atoms with van der Waals surface area (Å²) in [5.41, 5.74) is 5.53. The van der Waals surface area contributed by atoms with E-state index in [0.717, 1.165) is 59.9 Å². The molecule has 0 bridgehead atoms. The number of carboxylic acids is 1. The van der Waals surface area contributed by atoms with Gasteiger partial charge >= 0.3 is 5.97 Å². The molecular weight excluding hydrogens is 494 g/mol. The second-order valence-corrected chi connectivity index (χ2v) is 12.6. The minimum absolute atomic E-state index is 0.0956. The van der Waals surface area contributed by atoms with E-state index in [1.165, 1.54) is 6.07 Å². The molecule has 0 unspecified atom stereocenters. The third kappa shape index (κ3) is 4.44. The minimum atomic E-state index is -0.846. The third-order valence-electron chi connectivity index (χ3n) is 9.69. The van der Waals surface area contributed by atoms with Crippen LogP contribution in [-0.2, 0) is 23.2 Å². The number of hydrogen-bond donors (Lipinski definition) is 1. The Labute approximate surface area is 229 Å². The van der Waals surface area contributed by atoms with Crippen LogP contribution in [-0.4, -0.2) is 11.1 Å². The highest BCUT2D eigenvalue weighted by molar-refractivity contribution is 5.78. The molecule has 3 atom stereocenters. The summed E-state index contributed by atoms with van der Waals surface area (Å²) in [4.78, 5) is 11.7. The zero-order chi connectivity index (χ0) is 27.5. The van der Waals surface area contributed by atoms with Gasteiger partial charge in [-0.2, -0.15) is 0 Å². The summed E-state index contributed by atoms with van der Waals surface area (Å²) < 4.78 is 36.9. The van der Waals surface area contributed by atoms with Crippen LogP contribution in [0.1, 0.15) is 86.1 Å². The van der Waals surface area contributed by atoms with E-state index in [1.54, 1.807) is 12.1 Å². The topological polar surface area (TPSA) is 46.5 Å². The molecule has 0 heterocycles. The monoisotopic (exact) mass is 530 g/mol. The minimum Gasteiger partial charge on any atom is -0.486 e. The maximum Gasteiger partial charge on any atom is 0.307 e. The smallest absolute Gasteiger partial charge is 0.307 e. The zero-order valence-corrected chi connectivity index (χ0v) is 22.9. The van der Waals surface area contributed by atoms with Crippen LogP contribution in [0.3, 0.4) is 0 Å². The molecule has 3 aromatic carbocycles. The summed E-state index contributed by atoms with van der Waals surface area (Å²) in [6, 6.07) is 14.9. The molecule has 0 aromatic heterocycles. The third-order valence-corrected chi connectivity index (χ3v) is 9.69. The summed E-state index contributed by atoms with van der Waals surface area (Å²) in [6.07, 6.45) is 6.13. The maximum atomic E-state index is 15.9. The molecule has 3 aliphatic carbocycles. The quantitative estimate of drug-likeness (QED) is 0.348. The Hall–Kier alpha value is -3.21. The first-order valence-corrected chi connectivity index (χ1v) is 14.2. The Bertz CT molecular complexity index is 1460. The van der Waals surface area contributed by atoms with Gasteiger partial charge in [0.15, 0.2) is 11.6 Å². The standard InChI is InChI=1S/C34H36F2O3/c1-20-8-12-28(35)25(16-20)23-11-9-21(17-24(23)26-7-5-14-33(26,2)3)19-39-29-13-10-22-6-4-15-34(30(22)31(29)36)18-27(34)32(37)38/h8-13,16-17,26-27H,4-7,14-15,18-19H2,1-3H3,(H,37,38)/t26-,27-,34+/m1/s1. The van der Waals surface area contributed by atoms with Gasteiger partial charge in [0.25, 0.3) is 0 Å². The molecule has 39 heavy (non-hydrogen) atoms. The van der Waals surface area contributed by atoms with Crippen molar-refractivity contribution in [2.24, 2.45) is 11.3 Å². The Kier molecular flexibility index (Phi) is 6.32. The van der Waals surface area contributed by atoms with Crippen molar-refractivity contribution in [1.29, 1.82) is 0 Å². The first kappa shape index (κ1) is 26.0. The van der Waals surface area contributed by atoms with E-state index in [4.69, 9.17) is 4.74 Å². The van der Waals surface area contributed by atoms with Crippen LogP contribution in [0, 0.1) is 29.9 Å². The fourth-order valence-corrected chi connectivity index (χ4v) is 7.50. The largest absolute Gasteiger partial charge is 0.486 e. The van der Waals surface area contributed by atoms with Crippen molar-refractivity contribution in [1.82, 2.24) is 0 Å². The second kappa shape index (κ2) is 9.46. The number of aryl methyl sites for hydroxylation is 2.